The average Bonchev–Trinajstić information content (AvgIpc) is 3.90. The molecule has 5 heterocycles. The number of nitrogens with two attached hydrogens (primary N) is 2. The number of terminal acetylenes is 1. The number of guanidine groups is 1. The SMILES string of the molecule is C#CCOCCOCCOCCNc1nc(N2CCN(C(=O)Cn3cc(CCC[NH+]=C(N)N)nn3)CC2)nc(N2CCN(C(=O)C(C(C)C)n3cc(CCO)nn3)CC2)n1.[Cl-]. The van der Waals surface area contributed by atoms with Gasteiger partial charge in [0.2, 0.25) is 29.7 Å². The van der Waals surface area contributed by atoms with Gasteiger partial charge >= 0.3 is 5.96 Å². The molecule has 2 amide bonds. The van der Waals surface area contributed by atoms with Crippen molar-refractivity contribution < 1.29 is 46.3 Å². The van der Waals surface area contributed by atoms with Crippen LogP contribution in [0.25, 0.3) is 0 Å². The van der Waals surface area contributed by atoms with Crippen molar-refractivity contribution in [1.82, 2.24) is 54.7 Å². The third-order valence-corrected chi connectivity index (χ3v) is 9.78. The molecule has 2 saturated heterocycles. The normalized spacial score (nSPS) is 14.7. The maximum atomic E-state index is 13.8. The van der Waals surface area contributed by atoms with Crippen molar-refractivity contribution in [3.63, 3.8) is 0 Å². The van der Waals surface area contributed by atoms with Gasteiger partial charge in [0.05, 0.1) is 51.0 Å². The van der Waals surface area contributed by atoms with Crippen LogP contribution in [0.1, 0.15) is 37.7 Å². The number of aliphatic hydroxyl groups is 1. The number of carbonyl (C=O) groups is 2. The number of anilines is 3. The highest BCUT2D eigenvalue weighted by Crippen LogP contribution is 2.24. The van der Waals surface area contributed by atoms with Gasteiger partial charge in [-0.15, -0.1) is 16.6 Å². The van der Waals surface area contributed by atoms with Crippen LogP contribution in [-0.4, -0.2) is 189 Å². The zero-order valence-corrected chi connectivity index (χ0v) is 35.8. The molecule has 3 aromatic heterocycles. The van der Waals surface area contributed by atoms with Crippen LogP contribution in [-0.2, 0) is 43.2 Å². The third-order valence-electron chi connectivity index (χ3n) is 9.78. The van der Waals surface area contributed by atoms with E-state index in [2.05, 4.69) is 41.8 Å². The number of piperazine rings is 2. The molecule has 0 radical (unpaired) electrons. The first-order valence-corrected chi connectivity index (χ1v) is 20.4. The van der Waals surface area contributed by atoms with E-state index in [-0.39, 0.29) is 55.9 Å². The summed E-state index contributed by atoms with van der Waals surface area (Å²) in [4.78, 5) is 52.1. The number of hydrogen-bond acceptors (Lipinski definition) is 16. The first-order chi connectivity index (χ1) is 29.1. The average molecular weight is 874 g/mol. The predicted molar refractivity (Wildman–Crippen MR) is 219 cm³/mol. The summed E-state index contributed by atoms with van der Waals surface area (Å²) >= 11 is 0. The van der Waals surface area contributed by atoms with Crippen LogP contribution in [0.5, 0.6) is 0 Å². The second-order valence-electron chi connectivity index (χ2n) is 14.6. The lowest BCUT2D eigenvalue weighted by Crippen LogP contribution is -3.00. The van der Waals surface area contributed by atoms with E-state index in [0.717, 1.165) is 12.1 Å². The Morgan fingerprint density at radius 3 is 2.08 bits per heavy atom. The summed E-state index contributed by atoms with van der Waals surface area (Å²) in [6.45, 7) is 11.3. The number of carbonyl (C=O) groups excluding carboxylic acids is 2. The van der Waals surface area contributed by atoms with E-state index < -0.39 is 6.04 Å². The topological polar surface area (TPSA) is 273 Å². The van der Waals surface area contributed by atoms with Crippen LogP contribution in [0.15, 0.2) is 12.4 Å². The number of rotatable bonds is 24. The summed E-state index contributed by atoms with van der Waals surface area (Å²) in [6, 6.07) is -0.522. The molecule has 3 aromatic rings. The molecule has 0 spiro atoms. The highest BCUT2D eigenvalue weighted by atomic mass is 35.5. The molecule has 1 unspecified atom stereocenters. The van der Waals surface area contributed by atoms with E-state index in [0.29, 0.717) is 135 Å². The quantitative estimate of drug-likeness (QED) is 0.0242. The minimum absolute atomic E-state index is 0. The summed E-state index contributed by atoms with van der Waals surface area (Å²) < 4.78 is 19.6. The largest absolute Gasteiger partial charge is 1.00 e. The fraction of sp³-hybridized carbons (Fsp3) is 0.676. The summed E-state index contributed by atoms with van der Waals surface area (Å²) in [6.07, 6.45) is 10.5. The molecule has 0 aromatic carbocycles. The van der Waals surface area contributed by atoms with Crippen molar-refractivity contribution in [1.29, 1.82) is 0 Å². The van der Waals surface area contributed by atoms with Gasteiger partial charge in [-0.2, -0.15) is 15.0 Å². The molecular formula is C37H60ClN17O6. The number of ether oxygens (including phenoxy) is 3. The summed E-state index contributed by atoms with van der Waals surface area (Å²) in [7, 11) is 0. The van der Waals surface area contributed by atoms with Gasteiger partial charge in [-0.25, -0.2) is 9.36 Å². The van der Waals surface area contributed by atoms with Crippen LogP contribution in [0.2, 0.25) is 0 Å². The fourth-order valence-electron chi connectivity index (χ4n) is 6.64. The second kappa shape index (κ2) is 25.4. The molecule has 23 nitrogen and oxygen atoms in total. The minimum Gasteiger partial charge on any atom is -1.00 e. The Labute approximate surface area is 362 Å². The predicted octanol–water partition coefficient (Wildman–Crippen LogP) is -7.13. The van der Waals surface area contributed by atoms with Gasteiger partial charge in [-0.05, 0) is 18.8 Å². The zero-order valence-electron chi connectivity index (χ0n) is 35.1. The maximum Gasteiger partial charge on any atom is 0.338 e. The summed E-state index contributed by atoms with van der Waals surface area (Å²) in [5, 5.41) is 29.3. The van der Waals surface area contributed by atoms with E-state index in [1.165, 1.54) is 0 Å². The van der Waals surface area contributed by atoms with Crippen molar-refractivity contribution in [2.24, 2.45) is 17.4 Å². The van der Waals surface area contributed by atoms with Gasteiger partial charge < -0.3 is 56.6 Å². The Morgan fingerprint density at radius 2 is 1.46 bits per heavy atom. The van der Waals surface area contributed by atoms with Crippen LogP contribution >= 0.6 is 0 Å². The lowest BCUT2D eigenvalue weighted by atomic mass is 10.0. The number of nitrogens with zero attached hydrogens (tertiary/aromatic N) is 13. The highest BCUT2D eigenvalue weighted by Gasteiger charge is 2.33. The Hall–Kier alpha value is -5.41. The van der Waals surface area contributed by atoms with Crippen LogP contribution in [0, 0.1) is 18.3 Å². The fourth-order valence-corrected chi connectivity index (χ4v) is 6.64. The molecule has 24 heteroatoms. The van der Waals surface area contributed by atoms with Gasteiger partial charge in [-0.3, -0.25) is 26.0 Å². The molecule has 2 fully saturated rings. The lowest BCUT2D eigenvalue weighted by molar-refractivity contribution is -0.459. The van der Waals surface area contributed by atoms with Crippen molar-refractivity contribution in [2.45, 2.75) is 45.7 Å². The van der Waals surface area contributed by atoms with E-state index in [9.17, 15) is 14.7 Å². The van der Waals surface area contributed by atoms with Gasteiger partial charge in [0, 0.05) is 84.3 Å². The Bertz CT molecular complexity index is 1850. The highest BCUT2D eigenvalue weighted by molar-refractivity contribution is 5.81. The van der Waals surface area contributed by atoms with Crippen molar-refractivity contribution >= 4 is 35.6 Å². The van der Waals surface area contributed by atoms with Crippen molar-refractivity contribution in [3.8, 4) is 12.3 Å². The van der Waals surface area contributed by atoms with E-state index >= 15 is 0 Å². The number of hydrogen-bond donors (Lipinski definition) is 5. The molecule has 61 heavy (non-hydrogen) atoms. The molecule has 1 atom stereocenters. The van der Waals surface area contributed by atoms with Gasteiger partial charge in [0.25, 0.3) is 0 Å². The summed E-state index contributed by atoms with van der Waals surface area (Å²) in [5.74, 6) is 3.84. The summed E-state index contributed by atoms with van der Waals surface area (Å²) in [5.41, 5.74) is 12.3. The van der Waals surface area contributed by atoms with Crippen molar-refractivity contribution in [2.75, 3.05) is 127 Å². The van der Waals surface area contributed by atoms with E-state index in [1.807, 2.05) is 28.5 Å². The minimum atomic E-state index is -0.522. The molecular weight excluding hydrogens is 814 g/mol. The molecule has 0 aliphatic carbocycles. The monoisotopic (exact) mass is 873 g/mol. The number of aliphatic hydroxyl groups excluding tert-OH is 1. The first kappa shape index (κ1) is 48.3. The Kier molecular flexibility index (Phi) is 20.1. The number of nitrogens with one attached hydrogen (secondary N) is 2. The molecule has 0 saturated carbocycles. The van der Waals surface area contributed by atoms with Crippen molar-refractivity contribution in [3.05, 3.63) is 23.8 Å². The zero-order chi connectivity index (χ0) is 42.7. The van der Waals surface area contributed by atoms with Crippen LogP contribution < -0.4 is 44.0 Å². The number of halogens is 1. The van der Waals surface area contributed by atoms with E-state index in [4.69, 9.17) is 47.1 Å². The van der Waals surface area contributed by atoms with E-state index in [1.54, 1.807) is 21.8 Å². The molecule has 5 rings (SSSR count). The standard InChI is InChI=1S/C37H59N17O6.ClH/c1-4-19-58-21-23-60-24-22-59-20-9-41-35-42-36(51-14-10-49(11-15-51)31(56)27-53-25-29(45-47-53)6-5-8-40-34(38)39)44-37(43-35)52-16-12-50(13-17-52)33(57)32(28(2)3)54-26-30(7-18-55)46-48-54;/h1,25-26,28,32,55H,5-24,27H2,2-3H3,(H4,38,39,40)(H,41,42,43,44);1H. The second-order valence-corrected chi connectivity index (χ2v) is 14.6. The Balaban J connectivity index is 0.00000819. The van der Waals surface area contributed by atoms with Crippen LogP contribution in [0.4, 0.5) is 17.8 Å². The molecule has 2 aliphatic rings. The number of aromatic nitrogens is 9. The smallest absolute Gasteiger partial charge is 0.338 e. The van der Waals surface area contributed by atoms with Gasteiger partial charge in [-0.1, -0.05) is 30.2 Å². The molecule has 2 aliphatic heterocycles. The first-order valence-electron chi connectivity index (χ1n) is 20.4. The van der Waals surface area contributed by atoms with Gasteiger partial charge in [0.15, 0.2) is 0 Å². The lowest BCUT2D eigenvalue weighted by Gasteiger charge is -2.38. The van der Waals surface area contributed by atoms with Crippen LogP contribution in [0.3, 0.4) is 0 Å². The molecule has 0 bridgehead atoms. The number of aryl methyl sites for hydroxylation is 1. The number of amides is 2. The van der Waals surface area contributed by atoms with Gasteiger partial charge in [0.1, 0.15) is 19.2 Å². The molecule has 336 valence electrons. The Morgan fingerprint density at radius 1 is 0.852 bits per heavy atom. The third kappa shape index (κ3) is 15.2. The molecule has 7 N–H and O–H groups in total. The maximum absolute atomic E-state index is 13.8.